The summed E-state index contributed by atoms with van der Waals surface area (Å²) in [6.07, 6.45) is -0.601. The second kappa shape index (κ2) is 45.4. The predicted molar refractivity (Wildman–Crippen MR) is 331 cm³/mol. The Balaban J connectivity index is -0.000000238. The first-order valence-electron chi connectivity index (χ1n) is 29.1. The number of aliphatic carboxylic acids is 1. The van der Waals surface area contributed by atoms with E-state index in [9.17, 15) is 48.3 Å². The Bertz CT molecular complexity index is 2020. The summed E-state index contributed by atoms with van der Waals surface area (Å²) in [5.74, 6) is -1.98. The van der Waals surface area contributed by atoms with Crippen LogP contribution in [0.25, 0.3) is 0 Å². The first-order valence-corrected chi connectivity index (χ1v) is 28.8. The number of methoxy groups -OCH3 is 3. The van der Waals surface area contributed by atoms with Crippen LogP contribution >= 0.6 is 11.6 Å². The first kappa shape index (κ1) is 89.9. The van der Waals surface area contributed by atoms with Crippen LogP contribution in [0.4, 0.5) is 24.0 Å². The Morgan fingerprint density at radius 1 is 0.616 bits per heavy atom. The summed E-state index contributed by atoms with van der Waals surface area (Å²) in [6.45, 7) is 39.8. The number of piperazine rings is 3. The van der Waals surface area contributed by atoms with E-state index >= 15 is 0 Å². The van der Waals surface area contributed by atoms with Crippen molar-refractivity contribution in [3.63, 3.8) is 0 Å². The van der Waals surface area contributed by atoms with Crippen molar-refractivity contribution in [3.8, 4) is 0 Å². The standard InChI is InChI=1S/C17H31N3O5.C13H25N3O3.C10H20N2O2.C8H14ClNO3.C7H15NO2.C2H6.CH4.Li.H2O/c1-11(2)13(14(21)22)18(7)15(23)20-9-8-19(10-12(20)3)16(24)25-17(4,5)6;1-9(2)11(12(17)19-5)15(4)13(18)16-7-6-14-8-10(16)3;1-8-7-12(6-5-11-8)9(13)14-10(2,3)4;1-5(2)6(7(11)13-4)10(3)8(9)12;1-5(2)6(8-3)7(9)10-4;1-2;;;/h11-13H,8-10H2,1-7H3,(H,21,22);9-11,14H,6-8H2,1-5H3;8,11H,5-7H2,1-4H3;5-6H,1-4H3;5-6,8H,1-4H3;1-2H3;1H4;;1H2/q;;;;;;;+1;/p-1/t12-,13+;10-,11+;8-;2*6-;;;;/m11100..../s1/i;;;;;1D;;;. The molecule has 3 fully saturated rings. The van der Waals surface area contributed by atoms with Gasteiger partial charge in [0.1, 0.15) is 35.4 Å². The molecule has 0 aromatic heterocycles. The molecule has 28 heteroatoms. The summed E-state index contributed by atoms with van der Waals surface area (Å²) >= 11 is 5.25. The van der Waals surface area contributed by atoms with Gasteiger partial charge in [-0.3, -0.25) is 9.59 Å². The zero-order valence-electron chi connectivity index (χ0n) is 57.5. The van der Waals surface area contributed by atoms with E-state index in [4.69, 9.17) is 27.2 Å². The van der Waals surface area contributed by atoms with Crippen LogP contribution in [0.15, 0.2) is 0 Å². The topological polar surface area (TPSA) is 309 Å². The van der Waals surface area contributed by atoms with E-state index in [1.165, 1.54) is 45.2 Å². The van der Waals surface area contributed by atoms with Gasteiger partial charge in [-0.15, -0.1) is 0 Å². The Morgan fingerprint density at radius 2 is 1.00 bits per heavy atom. The van der Waals surface area contributed by atoms with E-state index in [1.807, 2.05) is 76.2 Å². The monoisotopic (exact) mass is 1250 g/mol. The second-order valence-electron chi connectivity index (χ2n) is 23.6. The SMILES string of the molecule is C.CC(C)[C@@H](C(=O)O)N(C)C(=O)N1CCN(C(=O)OC(C)(C)C)C[C@H]1C.CN[C@H](C(=O)OC)C(C)C.COC(=O)[C@H](C(C)C)N(C)C(=O)Cl.COC(=O)[C@H](C(C)C)N(C)C(=O)N1CCNC[C@H]1C.C[C@@H]1CN(C(=O)OC(C)(C)C)CCN1.[2H]CC.[Li+].[OH-]. The molecule has 3 heterocycles. The number of amides is 7. The molecule has 502 valence electrons. The third-order valence-corrected chi connectivity index (χ3v) is 13.2. The minimum Gasteiger partial charge on any atom is -0.870 e. The summed E-state index contributed by atoms with van der Waals surface area (Å²) < 4.78 is 30.8. The first-order chi connectivity index (χ1) is 38.6. The molecular weight excluding hydrogens is 1140 g/mol. The number of likely N-dealkylation sites (N-methyl/N-ethyl adjacent to an activating group) is 4. The molecule has 0 bridgehead atoms. The Morgan fingerprint density at radius 3 is 1.30 bits per heavy atom. The normalized spacial score (nSPS) is 17.8. The Labute approximate surface area is 535 Å². The number of ether oxygens (including phenoxy) is 5. The van der Waals surface area contributed by atoms with E-state index in [0.717, 1.165) is 37.6 Å². The van der Waals surface area contributed by atoms with Gasteiger partial charge in [-0.2, -0.15) is 0 Å². The van der Waals surface area contributed by atoms with Crippen LogP contribution in [0.5, 0.6) is 0 Å². The fraction of sp³-hybridized carbons (Fsp3) is 0.845. The summed E-state index contributed by atoms with van der Waals surface area (Å²) in [4.78, 5) is 116. The van der Waals surface area contributed by atoms with E-state index < -0.39 is 52.7 Å². The van der Waals surface area contributed by atoms with Gasteiger partial charge in [-0.25, -0.2) is 33.6 Å². The van der Waals surface area contributed by atoms with Crippen LogP contribution < -0.4 is 34.8 Å². The molecule has 86 heavy (non-hydrogen) atoms. The molecule has 7 atom stereocenters. The van der Waals surface area contributed by atoms with Crippen LogP contribution in [-0.4, -0.2) is 260 Å². The molecule has 3 aliphatic rings. The average Bonchev–Trinajstić information content (AvgIpc) is 2.90. The van der Waals surface area contributed by atoms with Crippen LogP contribution in [0.3, 0.4) is 0 Å². The number of hydrogen-bond donors (Lipinski definition) is 4. The molecule has 0 spiro atoms. The van der Waals surface area contributed by atoms with E-state index in [1.54, 1.807) is 75.2 Å². The zero-order valence-corrected chi connectivity index (χ0v) is 57.3. The number of carbonyl (C=O) groups is 9. The van der Waals surface area contributed by atoms with Gasteiger partial charge >= 0.3 is 72.4 Å². The van der Waals surface area contributed by atoms with Crippen molar-refractivity contribution in [1.82, 2.24) is 50.2 Å². The average molecular weight is 1250 g/mol. The van der Waals surface area contributed by atoms with Crippen molar-refractivity contribution >= 4 is 65.1 Å². The molecule has 3 rings (SSSR count). The quantitative estimate of drug-likeness (QED) is 0.0699. The van der Waals surface area contributed by atoms with E-state index in [-0.39, 0.29) is 104 Å². The molecule has 3 aliphatic heterocycles. The summed E-state index contributed by atoms with van der Waals surface area (Å²) in [5, 5.41) is 18.1. The van der Waals surface area contributed by atoms with Gasteiger partial charge in [0.25, 0.3) is 0 Å². The van der Waals surface area contributed by atoms with E-state index in [2.05, 4.69) is 32.3 Å². The molecule has 26 nitrogen and oxygen atoms in total. The summed E-state index contributed by atoms with van der Waals surface area (Å²) in [6, 6.07) is -2.40. The molecule has 7 amide bonds. The van der Waals surface area contributed by atoms with Crippen LogP contribution in [0.2, 0.25) is 0 Å². The smallest absolute Gasteiger partial charge is 0.870 e. The number of carboxylic acids is 1. The summed E-state index contributed by atoms with van der Waals surface area (Å²) in [5.41, 5.74) is -0.968. The minimum absolute atomic E-state index is 0. The van der Waals surface area contributed by atoms with Crippen molar-refractivity contribution in [3.05, 3.63) is 0 Å². The van der Waals surface area contributed by atoms with Gasteiger partial charge < -0.3 is 84.5 Å². The maximum atomic E-state index is 12.7. The number of nitrogens with zero attached hydrogens (tertiary/aromatic N) is 7. The third kappa shape index (κ3) is 34.1. The number of esters is 3. The predicted octanol–water partition coefficient (Wildman–Crippen LogP) is 4.20. The third-order valence-electron chi connectivity index (χ3n) is 12.9. The summed E-state index contributed by atoms with van der Waals surface area (Å²) in [7, 11) is 10.4. The minimum atomic E-state index is -1.02. The molecule has 0 aromatic rings. The Hall–Kier alpha value is -4.84. The maximum Gasteiger partial charge on any atom is 1.00 e. The molecular formula is C58H116ClLiN10O16. The van der Waals surface area contributed by atoms with Gasteiger partial charge in [-0.1, -0.05) is 76.6 Å². The number of halogens is 1. The van der Waals surface area contributed by atoms with E-state index in [0.29, 0.717) is 39.1 Å². The molecule has 0 aromatic carbocycles. The van der Waals surface area contributed by atoms with Gasteiger partial charge in [-0.05, 0) is 105 Å². The van der Waals surface area contributed by atoms with Crippen LogP contribution in [-0.2, 0) is 42.9 Å². The van der Waals surface area contributed by atoms with Gasteiger partial charge in [0, 0.05) is 99.5 Å². The number of carboxylic acid groups (broad SMARTS) is 1. The number of urea groups is 2. The maximum absolute atomic E-state index is 12.7. The molecule has 0 unspecified atom stereocenters. The van der Waals surface area contributed by atoms with Gasteiger partial charge in [0.15, 0.2) is 0 Å². The molecule has 0 aliphatic carbocycles. The fourth-order valence-electron chi connectivity index (χ4n) is 8.78. The molecule has 0 saturated carbocycles. The number of hydrogen-bond acceptors (Lipinski definition) is 18. The van der Waals surface area contributed by atoms with Gasteiger partial charge in [0.2, 0.25) is 0 Å². The van der Waals surface area contributed by atoms with Crippen LogP contribution in [0.1, 0.15) is 140 Å². The zero-order chi connectivity index (χ0) is 66.3. The van der Waals surface area contributed by atoms with Crippen molar-refractivity contribution in [2.75, 3.05) is 108 Å². The van der Waals surface area contributed by atoms with Crippen molar-refractivity contribution in [2.45, 2.75) is 192 Å². The fourth-order valence-corrected chi connectivity index (χ4v) is 8.89. The van der Waals surface area contributed by atoms with Crippen molar-refractivity contribution in [1.29, 1.82) is 0 Å². The molecule has 0 radical (unpaired) electrons. The molecule has 5 N–H and O–H groups in total. The number of rotatable bonds is 12. The number of carbonyl (C=O) groups excluding carboxylic acids is 8. The second-order valence-corrected chi connectivity index (χ2v) is 24.0. The van der Waals surface area contributed by atoms with Crippen molar-refractivity contribution < 1.29 is 97.6 Å². The van der Waals surface area contributed by atoms with Crippen LogP contribution in [0, 0.1) is 23.7 Å². The van der Waals surface area contributed by atoms with Gasteiger partial charge in [0.05, 0.1) is 21.3 Å². The van der Waals surface area contributed by atoms with Crippen molar-refractivity contribution in [2.24, 2.45) is 23.7 Å². The Kier molecular flexibility index (Phi) is 47.5. The number of nitrogens with one attached hydrogen (secondary N) is 3. The molecule has 3 saturated heterocycles. The largest absolute Gasteiger partial charge is 1.00 e.